The number of hydrogen-bond donors (Lipinski definition) is 2. The lowest BCUT2D eigenvalue weighted by atomic mass is 10.0. The zero-order chi connectivity index (χ0) is 18.7. The largest absolute Gasteiger partial charge is 0.452 e. The van der Waals surface area contributed by atoms with Gasteiger partial charge in [-0.1, -0.05) is 6.07 Å². The summed E-state index contributed by atoms with van der Waals surface area (Å²) in [5.74, 6) is -1.65. The second-order valence-electron chi connectivity index (χ2n) is 6.29. The van der Waals surface area contributed by atoms with Crippen LogP contribution in [0.3, 0.4) is 0 Å². The van der Waals surface area contributed by atoms with E-state index in [9.17, 15) is 22.8 Å². The van der Waals surface area contributed by atoms with Crippen LogP contribution in [0.25, 0.3) is 0 Å². The molecule has 1 saturated heterocycles. The second-order valence-corrected chi connectivity index (χ2v) is 8.47. The van der Waals surface area contributed by atoms with Crippen molar-refractivity contribution in [3.8, 4) is 0 Å². The number of carbonyl (C=O) groups is 3. The Balaban J connectivity index is 1.89. The van der Waals surface area contributed by atoms with Gasteiger partial charge in [-0.15, -0.1) is 0 Å². The monoisotopic (exact) mass is 368 g/mol. The molecule has 2 N–H and O–H groups in total. The smallest absolute Gasteiger partial charge is 0.338 e. The molecule has 1 fully saturated rings. The molecule has 1 aliphatic heterocycles. The van der Waals surface area contributed by atoms with Crippen molar-refractivity contribution >= 4 is 33.3 Å². The van der Waals surface area contributed by atoms with Crippen molar-refractivity contribution in [1.82, 2.24) is 5.32 Å². The van der Waals surface area contributed by atoms with E-state index in [4.69, 9.17) is 4.74 Å². The van der Waals surface area contributed by atoms with Crippen LogP contribution in [0.5, 0.6) is 0 Å². The van der Waals surface area contributed by atoms with Gasteiger partial charge >= 0.3 is 5.97 Å². The molecule has 2 rings (SSSR count). The van der Waals surface area contributed by atoms with Gasteiger partial charge in [0.1, 0.15) is 0 Å². The molecule has 2 amide bonds. The Bertz CT molecular complexity index is 805. The zero-order valence-electron chi connectivity index (χ0n) is 14.0. The average Bonchev–Trinajstić information content (AvgIpc) is 2.77. The number of benzene rings is 1. The highest BCUT2D eigenvalue weighted by Crippen LogP contribution is 2.22. The Kier molecular flexibility index (Phi) is 5.46. The average molecular weight is 368 g/mol. The first-order valence-corrected chi connectivity index (χ1v) is 9.47. The number of sulfone groups is 1. The lowest BCUT2D eigenvalue weighted by Crippen LogP contribution is -2.48. The van der Waals surface area contributed by atoms with Gasteiger partial charge in [-0.3, -0.25) is 9.59 Å². The number of carbonyl (C=O) groups excluding carboxylic acids is 3. The standard InChI is InChI=1S/C16H20N2O6S/c1-11(19)17-13-5-3-4-12(8-13)15(21)24-9-14(20)18-16(2)6-7-25(22,23)10-16/h3-5,8H,6-7,9-10H2,1-2H3,(H,17,19)(H,18,20)/t16-/m0/s1. The van der Waals surface area contributed by atoms with E-state index in [0.29, 0.717) is 12.1 Å². The third-order valence-electron chi connectivity index (χ3n) is 3.70. The Morgan fingerprint density at radius 1 is 1.28 bits per heavy atom. The molecular formula is C16H20N2O6S. The summed E-state index contributed by atoms with van der Waals surface area (Å²) in [5, 5.41) is 5.15. The first-order valence-electron chi connectivity index (χ1n) is 7.65. The molecule has 136 valence electrons. The molecule has 0 spiro atoms. The van der Waals surface area contributed by atoms with Crippen LogP contribution in [0.15, 0.2) is 24.3 Å². The Morgan fingerprint density at radius 2 is 2.00 bits per heavy atom. The first-order chi connectivity index (χ1) is 11.6. The second kappa shape index (κ2) is 7.22. The number of amides is 2. The SMILES string of the molecule is CC(=O)Nc1cccc(C(=O)OCC(=O)N[C@@]2(C)CCS(=O)(=O)C2)c1. The molecule has 8 nitrogen and oxygen atoms in total. The van der Waals surface area contributed by atoms with Gasteiger partial charge in [0.05, 0.1) is 22.6 Å². The summed E-state index contributed by atoms with van der Waals surface area (Å²) < 4.78 is 28.0. The maximum atomic E-state index is 12.0. The number of esters is 1. The van der Waals surface area contributed by atoms with Crippen LogP contribution in [-0.4, -0.2) is 49.9 Å². The Hall–Kier alpha value is -2.42. The van der Waals surface area contributed by atoms with Crippen LogP contribution in [0.1, 0.15) is 30.6 Å². The summed E-state index contributed by atoms with van der Waals surface area (Å²) in [6, 6.07) is 6.13. The van der Waals surface area contributed by atoms with Gasteiger partial charge < -0.3 is 15.4 Å². The lowest BCUT2D eigenvalue weighted by molar-refractivity contribution is -0.125. The summed E-state index contributed by atoms with van der Waals surface area (Å²) in [6.45, 7) is 2.48. The molecule has 1 atom stereocenters. The van der Waals surface area contributed by atoms with Crippen LogP contribution in [-0.2, 0) is 24.2 Å². The van der Waals surface area contributed by atoms with Crippen molar-refractivity contribution in [2.24, 2.45) is 0 Å². The quantitative estimate of drug-likeness (QED) is 0.731. The number of ether oxygens (including phenoxy) is 1. The minimum absolute atomic E-state index is 0.0273. The maximum absolute atomic E-state index is 12.0. The van der Waals surface area contributed by atoms with Gasteiger partial charge in [0, 0.05) is 12.6 Å². The van der Waals surface area contributed by atoms with E-state index < -0.39 is 33.9 Å². The van der Waals surface area contributed by atoms with E-state index in [1.165, 1.54) is 19.1 Å². The molecular weight excluding hydrogens is 348 g/mol. The number of hydrogen-bond acceptors (Lipinski definition) is 6. The van der Waals surface area contributed by atoms with E-state index in [0.717, 1.165) is 0 Å². The van der Waals surface area contributed by atoms with Crippen molar-refractivity contribution in [2.75, 3.05) is 23.4 Å². The molecule has 1 aliphatic rings. The fraction of sp³-hybridized carbons (Fsp3) is 0.438. The third-order valence-corrected chi connectivity index (χ3v) is 5.60. The van der Waals surface area contributed by atoms with Crippen LogP contribution >= 0.6 is 0 Å². The highest BCUT2D eigenvalue weighted by Gasteiger charge is 2.39. The predicted octanol–water partition coefficient (Wildman–Crippen LogP) is 0.495. The van der Waals surface area contributed by atoms with E-state index in [1.54, 1.807) is 19.1 Å². The van der Waals surface area contributed by atoms with Crippen LogP contribution < -0.4 is 10.6 Å². The van der Waals surface area contributed by atoms with Gasteiger partial charge in [-0.05, 0) is 31.5 Å². The van der Waals surface area contributed by atoms with Crippen molar-refractivity contribution in [3.05, 3.63) is 29.8 Å². The van der Waals surface area contributed by atoms with E-state index in [1.807, 2.05) is 0 Å². The Labute approximate surface area is 145 Å². The molecule has 0 aromatic heterocycles. The van der Waals surface area contributed by atoms with Crippen LogP contribution in [0, 0.1) is 0 Å². The minimum Gasteiger partial charge on any atom is -0.452 e. The molecule has 1 aromatic carbocycles. The highest BCUT2D eigenvalue weighted by molar-refractivity contribution is 7.91. The molecule has 1 heterocycles. The number of nitrogens with one attached hydrogen (secondary N) is 2. The minimum atomic E-state index is -3.15. The number of anilines is 1. The molecule has 0 aliphatic carbocycles. The first kappa shape index (κ1) is 18.9. The van der Waals surface area contributed by atoms with E-state index in [-0.39, 0.29) is 23.0 Å². The Morgan fingerprint density at radius 3 is 2.60 bits per heavy atom. The van der Waals surface area contributed by atoms with Gasteiger partial charge in [0.15, 0.2) is 16.4 Å². The molecule has 9 heteroatoms. The van der Waals surface area contributed by atoms with Gasteiger partial charge in [-0.2, -0.15) is 0 Å². The van der Waals surface area contributed by atoms with Gasteiger partial charge in [0.25, 0.3) is 5.91 Å². The summed E-state index contributed by atoms with van der Waals surface area (Å²) in [6.07, 6.45) is 0.327. The van der Waals surface area contributed by atoms with E-state index >= 15 is 0 Å². The maximum Gasteiger partial charge on any atom is 0.338 e. The highest BCUT2D eigenvalue weighted by atomic mass is 32.2. The fourth-order valence-electron chi connectivity index (χ4n) is 2.62. The fourth-order valence-corrected chi connectivity index (χ4v) is 4.72. The van der Waals surface area contributed by atoms with Crippen molar-refractivity contribution in [3.63, 3.8) is 0 Å². The molecule has 0 saturated carbocycles. The normalized spacial score (nSPS) is 21.4. The summed E-state index contributed by atoms with van der Waals surface area (Å²) in [7, 11) is -3.15. The molecule has 1 aromatic rings. The topological polar surface area (TPSA) is 119 Å². The zero-order valence-corrected chi connectivity index (χ0v) is 14.8. The van der Waals surface area contributed by atoms with Crippen molar-refractivity contribution in [1.29, 1.82) is 0 Å². The van der Waals surface area contributed by atoms with Gasteiger partial charge in [0.2, 0.25) is 5.91 Å². The van der Waals surface area contributed by atoms with Crippen LogP contribution in [0.2, 0.25) is 0 Å². The molecule has 0 bridgehead atoms. The van der Waals surface area contributed by atoms with Crippen LogP contribution in [0.4, 0.5) is 5.69 Å². The summed E-state index contributed by atoms with van der Waals surface area (Å²) in [4.78, 5) is 34.9. The molecule has 0 unspecified atom stereocenters. The van der Waals surface area contributed by atoms with Gasteiger partial charge in [-0.25, -0.2) is 13.2 Å². The summed E-state index contributed by atoms with van der Waals surface area (Å²) >= 11 is 0. The predicted molar refractivity (Wildman–Crippen MR) is 90.8 cm³/mol. The van der Waals surface area contributed by atoms with Crippen molar-refractivity contribution in [2.45, 2.75) is 25.8 Å². The van der Waals surface area contributed by atoms with Crippen molar-refractivity contribution < 1.29 is 27.5 Å². The third kappa shape index (κ3) is 5.56. The molecule has 0 radical (unpaired) electrons. The van der Waals surface area contributed by atoms with E-state index in [2.05, 4.69) is 10.6 Å². The molecule has 25 heavy (non-hydrogen) atoms. The number of rotatable bonds is 5. The summed E-state index contributed by atoms with van der Waals surface area (Å²) in [5.41, 5.74) is -0.211. The lowest BCUT2D eigenvalue weighted by Gasteiger charge is -2.23.